The SMILES string of the molecule is Cc1ccccc1Cn1c(C(=O)N(C)Cc2ccccc2)cc2sc(Br)cc21. The standard InChI is InChI=1S/C23H21BrN2OS/c1-16-8-6-7-11-18(16)15-26-19-13-22(24)28-21(19)12-20(26)23(27)25(2)14-17-9-4-3-5-10-17/h3-13H,14-15H2,1-2H3. The number of halogens is 1. The fourth-order valence-electron chi connectivity index (χ4n) is 3.44. The van der Waals surface area contributed by atoms with Crippen LogP contribution >= 0.6 is 27.3 Å². The average Bonchev–Trinajstić information content (AvgIpc) is 3.20. The molecule has 0 bridgehead atoms. The normalized spacial score (nSPS) is 11.1. The van der Waals surface area contributed by atoms with E-state index in [1.807, 2.05) is 49.5 Å². The molecule has 0 saturated carbocycles. The number of carbonyl (C=O) groups is 1. The summed E-state index contributed by atoms with van der Waals surface area (Å²) in [6.45, 7) is 3.38. The van der Waals surface area contributed by atoms with E-state index in [1.165, 1.54) is 11.1 Å². The third-order valence-corrected chi connectivity index (χ3v) is 6.55. The van der Waals surface area contributed by atoms with E-state index in [4.69, 9.17) is 0 Å². The molecule has 2 aromatic carbocycles. The molecular weight excluding hydrogens is 432 g/mol. The third-order valence-electron chi connectivity index (χ3n) is 4.98. The molecule has 142 valence electrons. The number of nitrogens with zero attached hydrogens (tertiary/aromatic N) is 2. The molecule has 28 heavy (non-hydrogen) atoms. The van der Waals surface area contributed by atoms with Crippen molar-refractivity contribution in [1.82, 2.24) is 9.47 Å². The summed E-state index contributed by atoms with van der Waals surface area (Å²) in [6, 6.07) is 22.6. The maximum Gasteiger partial charge on any atom is 0.270 e. The van der Waals surface area contributed by atoms with Crippen LogP contribution in [0.4, 0.5) is 0 Å². The Morgan fingerprint density at radius 1 is 1.07 bits per heavy atom. The molecule has 0 fully saturated rings. The number of thiophene rings is 1. The molecule has 0 aliphatic heterocycles. The first-order valence-corrected chi connectivity index (χ1v) is 10.8. The number of hydrogen-bond acceptors (Lipinski definition) is 2. The van der Waals surface area contributed by atoms with Crippen LogP contribution in [0.25, 0.3) is 10.2 Å². The van der Waals surface area contributed by atoms with Gasteiger partial charge in [0.15, 0.2) is 0 Å². The van der Waals surface area contributed by atoms with Gasteiger partial charge in [0.05, 0.1) is 14.0 Å². The Bertz CT molecular complexity index is 1130. The lowest BCUT2D eigenvalue weighted by Gasteiger charge is -2.19. The predicted octanol–water partition coefficient (Wildman–Crippen LogP) is 6.09. The topological polar surface area (TPSA) is 25.2 Å². The van der Waals surface area contributed by atoms with Gasteiger partial charge in [0.2, 0.25) is 0 Å². The maximum absolute atomic E-state index is 13.3. The van der Waals surface area contributed by atoms with Gasteiger partial charge in [0.1, 0.15) is 5.69 Å². The number of hydrogen-bond donors (Lipinski definition) is 0. The first kappa shape index (κ1) is 19.0. The van der Waals surface area contributed by atoms with E-state index in [0.717, 1.165) is 25.3 Å². The number of fused-ring (bicyclic) bond motifs is 1. The first-order chi connectivity index (χ1) is 13.5. The van der Waals surface area contributed by atoms with Crippen LogP contribution in [0.15, 0.2) is 70.5 Å². The van der Waals surface area contributed by atoms with Crippen molar-refractivity contribution in [1.29, 1.82) is 0 Å². The number of benzene rings is 2. The van der Waals surface area contributed by atoms with Gasteiger partial charge in [0, 0.05) is 20.1 Å². The Kier molecular flexibility index (Phi) is 5.38. The zero-order valence-electron chi connectivity index (χ0n) is 15.9. The fraction of sp³-hybridized carbons (Fsp3) is 0.174. The molecule has 2 aromatic heterocycles. The highest BCUT2D eigenvalue weighted by Crippen LogP contribution is 2.33. The largest absolute Gasteiger partial charge is 0.336 e. The van der Waals surface area contributed by atoms with Gasteiger partial charge in [-0.05, 0) is 51.7 Å². The molecule has 0 unspecified atom stereocenters. The summed E-state index contributed by atoms with van der Waals surface area (Å²) in [5, 5.41) is 0. The molecule has 0 spiro atoms. The summed E-state index contributed by atoms with van der Waals surface area (Å²) in [5.74, 6) is 0.0389. The summed E-state index contributed by atoms with van der Waals surface area (Å²) < 4.78 is 4.34. The minimum Gasteiger partial charge on any atom is -0.336 e. The molecule has 0 radical (unpaired) electrons. The number of amides is 1. The molecule has 5 heteroatoms. The van der Waals surface area contributed by atoms with Gasteiger partial charge in [0.25, 0.3) is 5.91 Å². The second-order valence-electron chi connectivity index (χ2n) is 6.99. The molecule has 0 aliphatic carbocycles. The van der Waals surface area contributed by atoms with Crippen molar-refractivity contribution in [3.8, 4) is 0 Å². The van der Waals surface area contributed by atoms with Gasteiger partial charge in [-0.2, -0.15) is 0 Å². The van der Waals surface area contributed by atoms with Crippen molar-refractivity contribution in [2.45, 2.75) is 20.0 Å². The quantitative estimate of drug-likeness (QED) is 0.359. The van der Waals surface area contributed by atoms with Crippen LogP contribution in [0.3, 0.4) is 0 Å². The predicted molar refractivity (Wildman–Crippen MR) is 120 cm³/mol. The molecule has 0 aliphatic rings. The Balaban J connectivity index is 1.71. The maximum atomic E-state index is 13.3. The van der Waals surface area contributed by atoms with E-state index in [2.05, 4.69) is 51.7 Å². The van der Waals surface area contributed by atoms with Crippen molar-refractivity contribution < 1.29 is 4.79 Å². The molecule has 3 nitrogen and oxygen atoms in total. The van der Waals surface area contributed by atoms with Crippen LogP contribution in [0.5, 0.6) is 0 Å². The highest BCUT2D eigenvalue weighted by Gasteiger charge is 2.21. The van der Waals surface area contributed by atoms with Gasteiger partial charge in [-0.15, -0.1) is 11.3 Å². The summed E-state index contributed by atoms with van der Waals surface area (Å²) in [7, 11) is 1.87. The smallest absolute Gasteiger partial charge is 0.270 e. The van der Waals surface area contributed by atoms with Gasteiger partial charge >= 0.3 is 0 Å². The monoisotopic (exact) mass is 452 g/mol. The highest BCUT2D eigenvalue weighted by atomic mass is 79.9. The Hall–Kier alpha value is -2.37. The number of carbonyl (C=O) groups excluding carboxylic acids is 1. The zero-order chi connectivity index (χ0) is 19.7. The van der Waals surface area contributed by atoms with Gasteiger partial charge < -0.3 is 9.47 Å². The minimum absolute atomic E-state index is 0.0389. The van der Waals surface area contributed by atoms with Crippen LogP contribution in [0.1, 0.15) is 27.2 Å². The molecule has 4 rings (SSSR count). The molecule has 0 atom stereocenters. The third kappa shape index (κ3) is 3.77. The van der Waals surface area contributed by atoms with Crippen molar-refractivity contribution in [2.24, 2.45) is 0 Å². The van der Waals surface area contributed by atoms with E-state index >= 15 is 0 Å². The lowest BCUT2D eigenvalue weighted by molar-refractivity contribution is 0.0775. The Morgan fingerprint density at radius 3 is 2.54 bits per heavy atom. The summed E-state index contributed by atoms with van der Waals surface area (Å²) >= 11 is 5.24. The molecule has 4 aromatic rings. The van der Waals surface area contributed by atoms with Crippen LogP contribution in [-0.2, 0) is 13.1 Å². The van der Waals surface area contributed by atoms with Crippen LogP contribution < -0.4 is 0 Å². The molecule has 0 saturated heterocycles. The second kappa shape index (κ2) is 7.94. The van der Waals surface area contributed by atoms with Crippen molar-refractivity contribution in [3.63, 3.8) is 0 Å². The fourth-order valence-corrected chi connectivity index (χ4v) is 5.01. The summed E-state index contributed by atoms with van der Waals surface area (Å²) in [6.07, 6.45) is 0. The van der Waals surface area contributed by atoms with E-state index in [1.54, 1.807) is 16.2 Å². The molecule has 2 heterocycles. The lowest BCUT2D eigenvalue weighted by atomic mass is 10.1. The Morgan fingerprint density at radius 2 is 1.79 bits per heavy atom. The molecule has 0 N–H and O–H groups in total. The van der Waals surface area contributed by atoms with E-state index < -0.39 is 0 Å². The van der Waals surface area contributed by atoms with Gasteiger partial charge in [-0.25, -0.2) is 0 Å². The highest BCUT2D eigenvalue weighted by molar-refractivity contribution is 9.11. The minimum atomic E-state index is 0.0389. The number of aryl methyl sites for hydroxylation is 1. The van der Waals surface area contributed by atoms with Gasteiger partial charge in [-0.1, -0.05) is 54.6 Å². The van der Waals surface area contributed by atoms with Crippen LogP contribution in [0.2, 0.25) is 0 Å². The molecular formula is C23H21BrN2OS. The summed E-state index contributed by atoms with van der Waals surface area (Å²) in [5.41, 5.74) is 5.41. The lowest BCUT2D eigenvalue weighted by Crippen LogP contribution is -2.28. The van der Waals surface area contributed by atoms with Gasteiger partial charge in [-0.3, -0.25) is 4.79 Å². The van der Waals surface area contributed by atoms with Crippen molar-refractivity contribution in [3.05, 3.63) is 92.9 Å². The Labute approximate surface area is 177 Å². The van der Waals surface area contributed by atoms with Crippen molar-refractivity contribution >= 4 is 43.4 Å². The van der Waals surface area contributed by atoms with Crippen molar-refractivity contribution in [2.75, 3.05) is 7.05 Å². The number of aromatic nitrogens is 1. The van der Waals surface area contributed by atoms with E-state index in [-0.39, 0.29) is 5.91 Å². The zero-order valence-corrected chi connectivity index (χ0v) is 18.3. The van der Waals surface area contributed by atoms with Crippen LogP contribution in [-0.4, -0.2) is 22.4 Å². The summed E-state index contributed by atoms with van der Waals surface area (Å²) in [4.78, 5) is 15.1. The first-order valence-electron chi connectivity index (χ1n) is 9.15. The van der Waals surface area contributed by atoms with Crippen LogP contribution in [0, 0.1) is 6.92 Å². The number of rotatable bonds is 5. The van der Waals surface area contributed by atoms with E-state index in [9.17, 15) is 4.79 Å². The van der Waals surface area contributed by atoms with E-state index in [0.29, 0.717) is 13.1 Å². The molecule has 1 amide bonds. The average molecular weight is 453 g/mol. The second-order valence-corrected chi connectivity index (χ2v) is 9.45.